The Balaban J connectivity index is 1.98. The van der Waals surface area contributed by atoms with Gasteiger partial charge in [0.05, 0.1) is 6.10 Å². The van der Waals surface area contributed by atoms with Gasteiger partial charge in [-0.1, -0.05) is 32.6 Å². The van der Waals surface area contributed by atoms with E-state index in [4.69, 9.17) is 9.47 Å². The highest BCUT2D eigenvalue weighted by molar-refractivity contribution is 5.69. The predicted molar refractivity (Wildman–Crippen MR) is 69.3 cm³/mol. The third-order valence-corrected chi connectivity index (χ3v) is 3.29. The van der Waals surface area contributed by atoms with Gasteiger partial charge in [-0.15, -0.1) is 0 Å². The van der Waals surface area contributed by atoms with Crippen molar-refractivity contribution in [2.75, 3.05) is 13.2 Å². The fraction of sp³-hybridized carbons (Fsp3) is 0.929. The molecule has 18 heavy (non-hydrogen) atoms. The van der Waals surface area contributed by atoms with Crippen molar-refractivity contribution in [1.29, 1.82) is 0 Å². The second kappa shape index (κ2) is 9.34. The molecule has 1 rings (SSSR count). The number of hydrogen-bond donors (Lipinski definition) is 1. The minimum absolute atomic E-state index is 0.0679. The van der Waals surface area contributed by atoms with E-state index in [2.05, 4.69) is 6.92 Å². The summed E-state index contributed by atoms with van der Waals surface area (Å²) in [6, 6.07) is 0. The van der Waals surface area contributed by atoms with Crippen molar-refractivity contribution in [3.63, 3.8) is 0 Å². The van der Waals surface area contributed by atoms with Crippen LogP contribution in [-0.2, 0) is 14.3 Å². The van der Waals surface area contributed by atoms with Gasteiger partial charge >= 0.3 is 5.97 Å². The highest BCUT2D eigenvalue weighted by atomic mass is 16.6. The maximum atomic E-state index is 11.4. The van der Waals surface area contributed by atoms with Crippen LogP contribution < -0.4 is 0 Å². The van der Waals surface area contributed by atoms with E-state index < -0.39 is 6.10 Å². The highest BCUT2D eigenvalue weighted by Gasteiger charge is 2.24. The second-order valence-corrected chi connectivity index (χ2v) is 4.97. The summed E-state index contributed by atoms with van der Waals surface area (Å²) >= 11 is 0. The van der Waals surface area contributed by atoms with Gasteiger partial charge in [-0.2, -0.15) is 0 Å². The lowest BCUT2D eigenvalue weighted by Gasteiger charge is -2.17. The van der Waals surface area contributed by atoms with Crippen molar-refractivity contribution >= 4 is 5.97 Å². The van der Waals surface area contributed by atoms with Crippen LogP contribution in [0.25, 0.3) is 0 Å². The largest absolute Gasteiger partial charge is 0.463 e. The second-order valence-electron chi connectivity index (χ2n) is 4.97. The zero-order valence-electron chi connectivity index (χ0n) is 11.4. The molecule has 1 fully saturated rings. The summed E-state index contributed by atoms with van der Waals surface area (Å²) in [4.78, 5) is 11.4. The lowest BCUT2D eigenvalue weighted by atomic mass is 10.1. The number of ether oxygens (including phenoxy) is 2. The van der Waals surface area contributed by atoms with Crippen molar-refractivity contribution in [3.8, 4) is 0 Å². The van der Waals surface area contributed by atoms with E-state index in [1.54, 1.807) is 0 Å². The molecule has 106 valence electrons. The molecule has 0 spiro atoms. The Morgan fingerprint density at radius 1 is 1.39 bits per heavy atom. The number of carbonyl (C=O) groups is 1. The summed E-state index contributed by atoms with van der Waals surface area (Å²) in [5, 5.41) is 9.74. The maximum absolute atomic E-state index is 11.4. The van der Waals surface area contributed by atoms with Gasteiger partial charge in [-0.25, -0.2) is 0 Å². The minimum atomic E-state index is -0.670. The van der Waals surface area contributed by atoms with Crippen LogP contribution in [-0.4, -0.2) is 36.5 Å². The molecule has 4 nitrogen and oxygen atoms in total. The van der Waals surface area contributed by atoms with Crippen LogP contribution in [0.1, 0.15) is 58.3 Å². The Hall–Kier alpha value is -0.610. The van der Waals surface area contributed by atoms with Crippen LogP contribution in [0.5, 0.6) is 0 Å². The number of aliphatic hydroxyl groups is 1. The van der Waals surface area contributed by atoms with Crippen molar-refractivity contribution in [1.82, 2.24) is 0 Å². The number of hydrogen-bond acceptors (Lipinski definition) is 4. The van der Waals surface area contributed by atoms with Gasteiger partial charge in [0.15, 0.2) is 0 Å². The third kappa shape index (κ3) is 6.36. The molecular weight excluding hydrogens is 232 g/mol. The predicted octanol–water partition coefficient (Wildman–Crippen LogP) is 2.43. The Labute approximate surface area is 110 Å². The van der Waals surface area contributed by atoms with E-state index in [0.29, 0.717) is 13.0 Å². The summed E-state index contributed by atoms with van der Waals surface area (Å²) in [6.07, 6.45) is 7.06. The first-order chi connectivity index (χ1) is 8.74. The minimum Gasteiger partial charge on any atom is -0.463 e. The summed E-state index contributed by atoms with van der Waals surface area (Å²) in [6.45, 7) is 2.94. The van der Waals surface area contributed by atoms with E-state index >= 15 is 0 Å². The molecular formula is C14H26O4. The van der Waals surface area contributed by atoms with E-state index in [0.717, 1.165) is 25.7 Å². The number of carbonyl (C=O) groups excluding carboxylic acids is 1. The number of esters is 1. The van der Waals surface area contributed by atoms with Gasteiger partial charge in [-0.05, 0) is 19.3 Å². The van der Waals surface area contributed by atoms with Crippen molar-refractivity contribution < 1.29 is 19.4 Å². The van der Waals surface area contributed by atoms with Crippen molar-refractivity contribution in [2.24, 2.45) is 0 Å². The maximum Gasteiger partial charge on any atom is 0.305 e. The Morgan fingerprint density at radius 2 is 2.17 bits per heavy atom. The monoisotopic (exact) mass is 258 g/mol. The molecule has 1 N–H and O–H groups in total. The molecule has 1 aliphatic rings. The topological polar surface area (TPSA) is 55.8 Å². The zero-order valence-corrected chi connectivity index (χ0v) is 11.4. The molecule has 0 amide bonds. The molecule has 1 saturated heterocycles. The first kappa shape index (κ1) is 15.4. The third-order valence-electron chi connectivity index (χ3n) is 3.29. The van der Waals surface area contributed by atoms with Gasteiger partial charge in [0.2, 0.25) is 0 Å². The summed E-state index contributed by atoms with van der Waals surface area (Å²) in [5.41, 5.74) is 0. The molecule has 0 saturated carbocycles. The fourth-order valence-electron chi connectivity index (χ4n) is 2.14. The number of unbranched alkanes of at least 4 members (excludes halogenated alkanes) is 4. The summed E-state index contributed by atoms with van der Waals surface area (Å²) in [7, 11) is 0. The molecule has 0 aromatic rings. The van der Waals surface area contributed by atoms with Crippen LogP contribution in [0.15, 0.2) is 0 Å². The Kier molecular flexibility index (Phi) is 8.01. The average Bonchev–Trinajstić information content (AvgIpc) is 2.89. The first-order valence-electron chi connectivity index (χ1n) is 7.19. The Bertz CT molecular complexity index is 224. The molecule has 0 bridgehead atoms. The zero-order chi connectivity index (χ0) is 13.2. The standard InChI is InChI=1S/C14H26O4/c1-2-3-4-5-6-9-14(16)18-11-12(15)13-8-7-10-17-13/h12-13,15H,2-11H2,1H3/t12-,13+/m1/s1. The van der Waals surface area contributed by atoms with Gasteiger partial charge in [0.1, 0.15) is 12.7 Å². The normalized spacial score (nSPS) is 20.9. The SMILES string of the molecule is CCCCCCCC(=O)OC[C@@H](O)[C@@H]1CCCO1. The van der Waals surface area contributed by atoms with Crippen molar-refractivity contribution in [3.05, 3.63) is 0 Å². The van der Waals surface area contributed by atoms with E-state index in [1.165, 1.54) is 19.3 Å². The smallest absolute Gasteiger partial charge is 0.305 e. The molecule has 4 heteroatoms. The van der Waals surface area contributed by atoms with E-state index in [9.17, 15) is 9.90 Å². The molecule has 0 unspecified atom stereocenters. The molecule has 1 heterocycles. The van der Waals surface area contributed by atoms with Crippen molar-refractivity contribution in [2.45, 2.75) is 70.5 Å². The molecule has 0 aliphatic carbocycles. The number of aliphatic hydroxyl groups excluding tert-OH is 1. The highest BCUT2D eigenvalue weighted by Crippen LogP contribution is 2.16. The molecule has 0 aromatic heterocycles. The van der Waals surface area contributed by atoms with E-state index in [1.807, 2.05) is 0 Å². The lowest BCUT2D eigenvalue weighted by Crippen LogP contribution is -2.31. The first-order valence-corrected chi connectivity index (χ1v) is 7.19. The van der Waals surface area contributed by atoms with Crippen LogP contribution in [0.4, 0.5) is 0 Å². The Morgan fingerprint density at radius 3 is 2.83 bits per heavy atom. The number of rotatable bonds is 9. The quantitative estimate of drug-likeness (QED) is 0.510. The molecule has 0 aromatic carbocycles. The van der Waals surface area contributed by atoms with Gasteiger partial charge in [0.25, 0.3) is 0 Å². The fourth-order valence-corrected chi connectivity index (χ4v) is 2.14. The summed E-state index contributed by atoms with van der Waals surface area (Å²) in [5.74, 6) is -0.205. The average molecular weight is 258 g/mol. The van der Waals surface area contributed by atoms with Crippen LogP contribution in [0, 0.1) is 0 Å². The van der Waals surface area contributed by atoms with Gasteiger partial charge < -0.3 is 14.6 Å². The van der Waals surface area contributed by atoms with Gasteiger partial charge in [-0.3, -0.25) is 4.79 Å². The van der Waals surface area contributed by atoms with Crippen LogP contribution in [0.3, 0.4) is 0 Å². The summed E-state index contributed by atoms with van der Waals surface area (Å²) < 4.78 is 10.4. The van der Waals surface area contributed by atoms with Gasteiger partial charge in [0, 0.05) is 13.0 Å². The lowest BCUT2D eigenvalue weighted by molar-refractivity contribution is -0.149. The van der Waals surface area contributed by atoms with Crippen LogP contribution >= 0.6 is 0 Å². The molecule has 0 radical (unpaired) electrons. The molecule has 1 aliphatic heterocycles. The van der Waals surface area contributed by atoms with Crippen LogP contribution in [0.2, 0.25) is 0 Å². The molecule has 2 atom stereocenters. The van der Waals surface area contributed by atoms with E-state index in [-0.39, 0.29) is 18.7 Å².